The SMILES string of the molecule is BrC1=C(Br)C(c2cccs2)(c2cccs2)C(c2scc(Br)c2Br)S1. The monoisotopic (exact) mass is 644 g/mol. The summed E-state index contributed by atoms with van der Waals surface area (Å²) in [6.45, 7) is 0. The Hall–Kier alpha value is 1.11. The molecule has 124 valence electrons. The van der Waals surface area contributed by atoms with E-state index in [2.05, 4.69) is 104 Å². The van der Waals surface area contributed by atoms with Gasteiger partial charge in [-0.05, 0) is 70.7 Å². The average molecular weight is 648 g/mol. The van der Waals surface area contributed by atoms with Crippen LogP contribution in [0, 0.1) is 0 Å². The number of hydrogen-bond donors (Lipinski definition) is 0. The third-order valence-corrected chi connectivity index (χ3v) is 13.7. The van der Waals surface area contributed by atoms with Gasteiger partial charge in [-0.15, -0.1) is 45.8 Å². The summed E-state index contributed by atoms with van der Waals surface area (Å²) < 4.78 is 4.66. The largest absolute Gasteiger partial charge is 0.148 e. The summed E-state index contributed by atoms with van der Waals surface area (Å²) in [6.07, 6.45) is 0. The molecule has 0 aliphatic carbocycles. The second-order valence-electron chi connectivity index (χ2n) is 5.11. The van der Waals surface area contributed by atoms with Gasteiger partial charge in [0.1, 0.15) is 0 Å². The van der Waals surface area contributed by atoms with Gasteiger partial charge < -0.3 is 0 Å². The highest BCUT2D eigenvalue weighted by Gasteiger charge is 2.54. The van der Waals surface area contributed by atoms with Crippen molar-refractivity contribution in [3.8, 4) is 0 Å². The summed E-state index contributed by atoms with van der Waals surface area (Å²) in [5, 5.41) is 6.76. The molecule has 24 heavy (non-hydrogen) atoms. The second-order valence-corrected chi connectivity index (χ2v) is 12.8. The van der Waals surface area contributed by atoms with Crippen molar-refractivity contribution in [2.24, 2.45) is 0 Å². The van der Waals surface area contributed by atoms with Crippen molar-refractivity contribution < 1.29 is 0 Å². The Kier molecular flexibility index (Phi) is 5.59. The van der Waals surface area contributed by atoms with Crippen molar-refractivity contribution in [2.45, 2.75) is 10.7 Å². The van der Waals surface area contributed by atoms with Gasteiger partial charge in [0, 0.05) is 33.4 Å². The quantitative estimate of drug-likeness (QED) is 0.273. The van der Waals surface area contributed by atoms with E-state index >= 15 is 0 Å². The summed E-state index contributed by atoms with van der Waals surface area (Å²) in [5.41, 5.74) is -0.196. The topological polar surface area (TPSA) is 0 Å². The maximum absolute atomic E-state index is 3.94. The number of thioether (sulfide) groups is 1. The van der Waals surface area contributed by atoms with Gasteiger partial charge in [0.15, 0.2) is 0 Å². The minimum atomic E-state index is -0.196. The van der Waals surface area contributed by atoms with Crippen LogP contribution < -0.4 is 0 Å². The van der Waals surface area contributed by atoms with Crippen LogP contribution >= 0.6 is 109 Å². The molecule has 3 aromatic rings. The van der Waals surface area contributed by atoms with Crippen molar-refractivity contribution in [1.29, 1.82) is 0 Å². The molecule has 1 atom stereocenters. The fraction of sp³-hybridized carbons (Fsp3) is 0.125. The number of allylic oxidation sites excluding steroid dienone is 1. The minimum absolute atomic E-state index is 0.196. The van der Waals surface area contributed by atoms with Crippen LogP contribution in [0.25, 0.3) is 0 Å². The molecule has 1 unspecified atom stereocenters. The fourth-order valence-electron chi connectivity index (χ4n) is 2.88. The fourth-order valence-corrected chi connectivity index (χ4v) is 11.2. The van der Waals surface area contributed by atoms with Crippen molar-refractivity contribution in [2.75, 3.05) is 0 Å². The highest BCUT2D eigenvalue weighted by atomic mass is 79.9. The number of rotatable bonds is 3. The molecule has 1 aliphatic heterocycles. The predicted octanol–water partition coefficient (Wildman–Crippen LogP) is 9.13. The molecule has 0 bridgehead atoms. The Morgan fingerprint density at radius 3 is 1.96 bits per heavy atom. The van der Waals surface area contributed by atoms with Crippen LogP contribution in [0.2, 0.25) is 0 Å². The van der Waals surface area contributed by atoms with E-state index in [0.717, 1.165) is 8.95 Å². The molecule has 0 saturated heterocycles. The normalized spacial score (nSPS) is 20.1. The molecule has 0 N–H and O–H groups in total. The molecule has 0 aromatic carbocycles. The van der Waals surface area contributed by atoms with E-state index in [1.54, 1.807) is 11.3 Å². The molecule has 0 fully saturated rings. The molecule has 4 rings (SSSR count). The number of hydrogen-bond acceptors (Lipinski definition) is 4. The smallest absolute Gasteiger partial charge is 0.0891 e. The van der Waals surface area contributed by atoms with Gasteiger partial charge in [0.25, 0.3) is 0 Å². The third-order valence-electron chi connectivity index (χ3n) is 3.91. The highest BCUT2D eigenvalue weighted by molar-refractivity contribution is 9.16. The van der Waals surface area contributed by atoms with Crippen molar-refractivity contribution in [1.82, 2.24) is 0 Å². The Morgan fingerprint density at radius 1 is 0.875 bits per heavy atom. The minimum Gasteiger partial charge on any atom is -0.148 e. The molecular weight excluding hydrogens is 640 g/mol. The molecular formula is C16H8Br4S4. The van der Waals surface area contributed by atoms with Crippen LogP contribution in [-0.2, 0) is 5.41 Å². The first-order valence-electron chi connectivity index (χ1n) is 6.79. The Labute approximate surface area is 190 Å². The van der Waals surface area contributed by atoms with E-state index in [9.17, 15) is 0 Å². The maximum Gasteiger partial charge on any atom is 0.0891 e. The second kappa shape index (κ2) is 7.26. The van der Waals surface area contributed by atoms with Crippen molar-refractivity contribution >= 4 is 109 Å². The van der Waals surface area contributed by atoms with Crippen LogP contribution in [0.1, 0.15) is 19.9 Å². The molecule has 0 nitrogen and oxygen atoms in total. The van der Waals surface area contributed by atoms with E-state index < -0.39 is 0 Å². The van der Waals surface area contributed by atoms with Gasteiger partial charge in [-0.25, -0.2) is 0 Å². The van der Waals surface area contributed by atoms with Crippen LogP contribution in [0.4, 0.5) is 0 Å². The maximum atomic E-state index is 3.94. The lowest BCUT2D eigenvalue weighted by Crippen LogP contribution is -2.29. The molecule has 4 heterocycles. The molecule has 1 aliphatic rings. The molecule has 0 spiro atoms. The first-order valence-corrected chi connectivity index (χ1v) is 13.5. The summed E-state index contributed by atoms with van der Waals surface area (Å²) in [4.78, 5) is 4.07. The zero-order valence-corrected chi connectivity index (χ0v) is 21.4. The zero-order valence-electron chi connectivity index (χ0n) is 11.8. The summed E-state index contributed by atoms with van der Waals surface area (Å²) in [7, 11) is 0. The molecule has 3 aromatic heterocycles. The van der Waals surface area contributed by atoms with Crippen LogP contribution in [0.3, 0.4) is 0 Å². The van der Waals surface area contributed by atoms with Gasteiger partial charge in [-0.3, -0.25) is 0 Å². The van der Waals surface area contributed by atoms with Crippen molar-refractivity contribution in [3.05, 3.63) is 72.3 Å². The van der Waals surface area contributed by atoms with E-state index in [4.69, 9.17) is 0 Å². The lowest BCUT2D eigenvalue weighted by molar-refractivity contribution is 0.660. The number of thiophene rings is 3. The lowest BCUT2D eigenvalue weighted by Gasteiger charge is -2.34. The lowest BCUT2D eigenvalue weighted by atomic mass is 9.80. The van der Waals surface area contributed by atoms with Crippen LogP contribution in [0.5, 0.6) is 0 Å². The Balaban J connectivity index is 2.02. The molecule has 8 heteroatoms. The van der Waals surface area contributed by atoms with Crippen molar-refractivity contribution in [3.63, 3.8) is 0 Å². The molecule has 0 radical (unpaired) electrons. The van der Waals surface area contributed by atoms with Gasteiger partial charge in [-0.1, -0.05) is 28.1 Å². The average Bonchev–Trinajstić information content (AvgIpc) is 3.33. The molecule has 0 amide bonds. The summed E-state index contributed by atoms with van der Waals surface area (Å²) in [6, 6.07) is 8.79. The van der Waals surface area contributed by atoms with E-state index in [0.29, 0.717) is 0 Å². The molecule has 0 saturated carbocycles. The highest BCUT2D eigenvalue weighted by Crippen LogP contribution is 2.68. The number of halogens is 4. The van der Waals surface area contributed by atoms with Gasteiger partial charge in [0.2, 0.25) is 0 Å². The predicted molar refractivity (Wildman–Crippen MR) is 124 cm³/mol. The van der Waals surface area contributed by atoms with Gasteiger partial charge >= 0.3 is 0 Å². The third kappa shape index (κ3) is 2.75. The van der Waals surface area contributed by atoms with Crippen LogP contribution in [-0.4, -0.2) is 0 Å². The first-order chi connectivity index (χ1) is 11.6. The van der Waals surface area contributed by atoms with E-state index in [-0.39, 0.29) is 10.7 Å². The summed E-state index contributed by atoms with van der Waals surface area (Å²) >= 11 is 22.5. The Morgan fingerprint density at radius 2 is 1.50 bits per heavy atom. The van der Waals surface area contributed by atoms with Crippen LogP contribution in [0.15, 0.2) is 57.6 Å². The van der Waals surface area contributed by atoms with Gasteiger partial charge in [0.05, 0.1) is 14.5 Å². The van der Waals surface area contributed by atoms with E-state index in [1.807, 2.05) is 34.4 Å². The van der Waals surface area contributed by atoms with Gasteiger partial charge in [-0.2, -0.15) is 0 Å². The Bertz CT molecular complexity index is 859. The first kappa shape index (κ1) is 18.5. The standard InChI is InChI=1S/C16H8Br4S4/c17-8-7-23-12(11(8)18)14-16(9-3-1-5-21-9,10-4-2-6-22-10)13(19)15(20)24-14/h1-7,14H. The van der Waals surface area contributed by atoms with E-state index in [1.165, 1.54) is 22.9 Å². The zero-order chi connectivity index (χ0) is 16.9. The summed E-state index contributed by atoms with van der Waals surface area (Å²) in [5.74, 6) is 0.